The minimum atomic E-state index is -0.700. The number of halogens is 2. The first-order valence-corrected chi connectivity index (χ1v) is 9.43. The fraction of sp³-hybridized carbons (Fsp3) is 0.318. The van der Waals surface area contributed by atoms with Gasteiger partial charge in [0.2, 0.25) is 5.91 Å². The maximum absolute atomic E-state index is 13.7. The maximum atomic E-state index is 13.7. The van der Waals surface area contributed by atoms with E-state index in [0.29, 0.717) is 19.6 Å². The van der Waals surface area contributed by atoms with Crippen LogP contribution in [0.2, 0.25) is 0 Å². The van der Waals surface area contributed by atoms with Crippen LogP contribution in [0, 0.1) is 11.6 Å². The Morgan fingerprint density at radius 3 is 2.54 bits per heavy atom. The average Bonchev–Trinajstić information content (AvgIpc) is 2.72. The summed E-state index contributed by atoms with van der Waals surface area (Å²) in [5.74, 6) is -1.80. The van der Waals surface area contributed by atoms with E-state index in [1.807, 2.05) is 25.1 Å². The van der Waals surface area contributed by atoms with Crippen molar-refractivity contribution in [2.24, 2.45) is 0 Å². The number of carbonyl (C=O) groups excluding carboxylic acids is 1. The summed E-state index contributed by atoms with van der Waals surface area (Å²) in [5, 5.41) is 2.91. The van der Waals surface area contributed by atoms with Gasteiger partial charge in [-0.25, -0.2) is 8.78 Å². The molecule has 4 nitrogen and oxygen atoms in total. The largest absolute Gasteiger partial charge is 0.378 e. The SMILES string of the molecule is CCC(NC(=O)/C=C/c1c(F)cccc1F)c1cccc(N2CCOCC2)c1. The molecule has 1 aliphatic rings. The number of amides is 1. The highest BCUT2D eigenvalue weighted by molar-refractivity contribution is 5.92. The Balaban J connectivity index is 1.70. The van der Waals surface area contributed by atoms with Gasteiger partial charge in [0.15, 0.2) is 0 Å². The molecule has 1 unspecified atom stereocenters. The summed E-state index contributed by atoms with van der Waals surface area (Å²) >= 11 is 0. The highest BCUT2D eigenvalue weighted by Gasteiger charge is 2.15. The van der Waals surface area contributed by atoms with Gasteiger partial charge in [-0.15, -0.1) is 0 Å². The predicted octanol–water partition coefficient (Wildman–Crippen LogP) is 4.08. The Labute approximate surface area is 163 Å². The molecular weight excluding hydrogens is 362 g/mol. The summed E-state index contributed by atoms with van der Waals surface area (Å²) in [6, 6.07) is 11.5. The van der Waals surface area contributed by atoms with Crippen molar-refractivity contribution in [2.75, 3.05) is 31.2 Å². The van der Waals surface area contributed by atoms with Gasteiger partial charge in [0.25, 0.3) is 0 Å². The van der Waals surface area contributed by atoms with Crippen LogP contribution in [0.3, 0.4) is 0 Å². The lowest BCUT2D eigenvalue weighted by molar-refractivity contribution is -0.117. The average molecular weight is 386 g/mol. The van der Waals surface area contributed by atoms with Crippen molar-refractivity contribution in [3.63, 3.8) is 0 Å². The molecule has 0 spiro atoms. The van der Waals surface area contributed by atoms with Gasteiger partial charge in [0, 0.05) is 30.4 Å². The molecule has 0 radical (unpaired) electrons. The van der Waals surface area contributed by atoms with Gasteiger partial charge < -0.3 is 15.0 Å². The third-order valence-corrected chi connectivity index (χ3v) is 4.77. The van der Waals surface area contributed by atoms with Gasteiger partial charge in [-0.2, -0.15) is 0 Å². The number of anilines is 1. The van der Waals surface area contributed by atoms with Crippen LogP contribution >= 0.6 is 0 Å². The monoisotopic (exact) mass is 386 g/mol. The van der Waals surface area contributed by atoms with Crippen LogP contribution in [0.1, 0.15) is 30.5 Å². The Hall–Kier alpha value is -2.73. The lowest BCUT2D eigenvalue weighted by atomic mass is 10.0. The molecular formula is C22H24F2N2O2. The van der Waals surface area contributed by atoms with Crippen LogP contribution < -0.4 is 10.2 Å². The summed E-state index contributed by atoms with van der Waals surface area (Å²) in [4.78, 5) is 14.6. The lowest BCUT2D eigenvalue weighted by Crippen LogP contribution is -2.36. The van der Waals surface area contributed by atoms with Crippen molar-refractivity contribution < 1.29 is 18.3 Å². The number of carbonyl (C=O) groups is 1. The fourth-order valence-corrected chi connectivity index (χ4v) is 3.23. The molecule has 1 aliphatic heterocycles. The molecule has 3 rings (SSSR count). The van der Waals surface area contributed by atoms with Crippen molar-refractivity contribution in [3.8, 4) is 0 Å². The van der Waals surface area contributed by atoms with E-state index >= 15 is 0 Å². The van der Waals surface area contributed by atoms with Gasteiger partial charge in [0.05, 0.1) is 19.3 Å². The predicted molar refractivity (Wildman–Crippen MR) is 106 cm³/mol. The highest BCUT2D eigenvalue weighted by atomic mass is 19.1. The van der Waals surface area contributed by atoms with Crippen LogP contribution in [-0.4, -0.2) is 32.2 Å². The summed E-state index contributed by atoms with van der Waals surface area (Å²) in [5.41, 5.74) is 1.86. The van der Waals surface area contributed by atoms with E-state index in [0.717, 1.165) is 48.6 Å². The van der Waals surface area contributed by atoms with Crippen molar-refractivity contribution in [1.29, 1.82) is 0 Å². The summed E-state index contributed by atoms with van der Waals surface area (Å²) < 4.78 is 32.8. The number of rotatable bonds is 6. The van der Waals surface area contributed by atoms with E-state index in [4.69, 9.17) is 4.74 Å². The smallest absolute Gasteiger partial charge is 0.244 e. The number of hydrogen-bond acceptors (Lipinski definition) is 3. The second-order valence-electron chi connectivity index (χ2n) is 6.63. The molecule has 0 aliphatic carbocycles. The minimum absolute atomic E-state index is 0.191. The molecule has 1 N–H and O–H groups in total. The number of nitrogens with one attached hydrogen (secondary N) is 1. The van der Waals surface area contributed by atoms with Crippen molar-refractivity contribution in [3.05, 3.63) is 71.3 Å². The van der Waals surface area contributed by atoms with Crippen LogP contribution in [0.25, 0.3) is 6.08 Å². The van der Waals surface area contributed by atoms with Gasteiger partial charge in [0.1, 0.15) is 11.6 Å². The maximum Gasteiger partial charge on any atom is 0.244 e. The highest BCUT2D eigenvalue weighted by Crippen LogP contribution is 2.23. The molecule has 1 fully saturated rings. The number of hydrogen-bond donors (Lipinski definition) is 1. The molecule has 1 atom stereocenters. The number of nitrogens with zero attached hydrogens (tertiary/aromatic N) is 1. The first kappa shape index (κ1) is 20.0. The second-order valence-corrected chi connectivity index (χ2v) is 6.63. The molecule has 0 saturated carbocycles. The number of ether oxygens (including phenoxy) is 1. The zero-order chi connectivity index (χ0) is 19.9. The van der Waals surface area contributed by atoms with E-state index < -0.39 is 17.5 Å². The Bertz CT molecular complexity index is 828. The first-order chi connectivity index (χ1) is 13.6. The molecule has 1 saturated heterocycles. The first-order valence-electron chi connectivity index (χ1n) is 9.43. The van der Waals surface area contributed by atoms with Crippen LogP contribution in [0.15, 0.2) is 48.5 Å². The second kappa shape index (κ2) is 9.46. The van der Waals surface area contributed by atoms with Gasteiger partial charge in [-0.1, -0.05) is 25.1 Å². The van der Waals surface area contributed by atoms with E-state index in [9.17, 15) is 13.6 Å². The Morgan fingerprint density at radius 1 is 1.18 bits per heavy atom. The van der Waals surface area contributed by atoms with Crippen LogP contribution in [-0.2, 0) is 9.53 Å². The summed E-state index contributed by atoms with van der Waals surface area (Å²) in [7, 11) is 0. The van der Waals surface area contributed by atoms with E-state index in [2.05, 4.69) is 16.3 Å². The lowest BCUT2D eigenvalue weighted by Gasteiger charge is -2.29. The van der Waals surface area contributed by atoms with E-state index in [-0.39, 0.29) is 11.6 Å². The van der Waals surface area contributed by atoms with Gasteiger partial charge in [-0.05, 0) is 42.3 Å². The van der Waals surface area contributed by atoms with Crippen molar-refractivity contribution >= 4 is 17.7 Å². The molecule has 0 aromatic heterocycles. The number of benzene rings is 2. The molecule has 1 heterocycles. The molecule has 6 heteroatoms. The van der Waals surface area contributed by atoms with Crippen LogP contribution in [0.4, 0.5) is 14.5 Å². The van der Waals surface area contributed by atoms with Gasteiger partial charge in [-0.3, -0.25) is 4.79 Å². The Kier molecular flexibility index (Phi) is 6.76. The summed E-state index contributed by atoms with van der Waals surface area (Å²) in [6.45, 7) is 5.06. The van der Waals surface area contributed by atoms with Crippen molar-refractivity contribution in [2.45, 2.75) is 19.4 Å². The van der Waals surface area contributed by atoms with E-state index in [1.165, 1.54) is 6.07 Å². The molecule has 28 heavy (non-hydrogen) atoms. The van der Waals surface area contributed by atoms with E-state index in [1.54, 1.807) is 0 Å². The zero-order valence-corrected chi connectivity index (χ0v) is 15.8. The van der Waals surface area contributed by atoms with Gasteiger partial charge >= 0.3 is 0 Å². The summed E-state index contributed by atoms with van der Waals surface area (Å²) in [6.07, 6.45) is 3.02. The standard InChI is InChI=1S/C22H24F2N2O2/c1-2-21(16-5-3-6-17(15-16)26-11-13-28-14-12-26)25-22(27)10-9-18-19(23)7-4-8-20(18)24/h3-10,15,21H,2,11-14H2,1H3,(H,25,27)/b10-9+. The third-order valence-electron chi connectivity index (χ3n) is 4.77. The molecule has 0 bridgehead atoms. The Morgan fingerprint density at radius 2 is 1.86 bits per heavy atom. The quantitative estimate of drug-likeness (QED) is 0.761. The fourth-order valence-electron chi connectivity index (χ4n) is 3.23. The number of morpholine rings is 1. The zero-order valence-electron chi connectivity index (χ0n) is 15.8. The molecule has 2 aromatic rings. The van der Waals surface area contributed by atoms with Crippen molar-refractivity contribution in [1.82, 2.24) is 5.32 Å². The normalized spacial score (nSPS) is 15.6. The van der Waals surface area contributed by atoms with Crippen LogP contribution in [0.5, 0.6) is 0 Å². The molecule has 2 aromatic carbocycles. The molecule has 148 valence electrons. The topological polar surface area (TPSA) is 41.6 Å². The third kappa shape index (κ3) is 4.95. The minimum Gasteiger partial charge on any atom is -0.378 e. The molecule has 1 amide bonds.